The van der Waals surface area contributed by atoms with Gasteiger partial charge in [0.1, 0.15) is 0 Å². The first-order valence-corrected chi connectivity index (χ1v) is 7.02. The molecule has 1 saturated heterocycles. The van der Waals surface area contributed by atoms with Gasteiger partial charge >= 0.3 is 5.97 Å². The fraction of sp³-hybridized carbons (Fsp3) is 0.562. The predicted molar refractivity (Wildman–Crippen MR) is 83.1 cm³/mol. The highest BCUT2D eigenvalue weighted by molar-refractivity contribution is 5.85. The van der Waals surface area contributed by atoms with Crippen LogP contribution in [-0.2, 0) is 16.1 Å². The van der Waals surface area contributed by atoms with Crippen LogP contribution in [0.3, 0.4) is 0 Å². The molecule has 0 aromatic heterocycles. The maximum atomic E-state index is 11.3. The van der Waals surface area contributed by atoms with Crippen molar-refractivity contribution in [3.8, 4) is 0 Å². The molecule has 112 valence electrons. The predicted octanol–water partition coefficient (Wildman–Crippen LogP) is 3.19. The van der Waals surface area contributed by atoms with Crippen LogP contribution in [-0.4, -0.2) is 31.1 Å². The number of benzene rings is 1. The average Bonchev–Trinajstić information content (AvgIpc) is 2.41. The molecule has 0 unspecified atom stereocenters. The third kappa shape index (κ3) is 5.14. The molecule has 0 aliphatic carbocycles. The van der Waals surface area contributed by atoms with Crippen LogP contribution in [0.2, 0.25) is 0 Å². The molecule has 0 amide bonds. The summed E-state index contributed by atoms with van der Waals surface area (Å²) in [6.07, 6.45) is 2.77. The summed E-state index contributed by atoms with van der Waals surface area (Å²) in [7, 11) is 1.47. The molecule has 1 aromatic carbocycles. The number of methoxy groups -OCH3 is 1. The van der Waals surface area contributed by atoms with Crippen LogP contribution in [0.4, 0.5) is 0 Å². The fourth-order valence-corrected chi connectivity index (χ4v) is 2.74. The van der Waals surface area contributed by atoms with Crippen LogP contribution in [0.15, 0.2) is 24.3 Å². The molecule has 0 N–H and O–H groups in total. The van der Waals surface area contributed by atoms with Gasteiger partial charge in [0.2, 0.25) is 0 Å². The van der Waals surface area contributed by atoms with E-state index in [1.165, 1.54) is 18.2 Å². The van der Waals surface area contributed by atoms with Crippen molar-refractivity contribution in [3.05, 3.63) is 35.4 Å². The molecule has 0 saturated carbocycles. The molecular weight excluding hydrogens is 274 g/mol. The number of hydrogen-bond donors (Lipinski definition) is 0. The van der Waals surface area contributed by atoms with Crippen molar-refractivity contribution in [2.24, 2.45) is 5.92 Å². The molecule has 1 heterocycles. The van der Waals surface area contributed by atoms with Gasteiger partial charge in [-0.15, -0.1) is 12.4 Å². The van der Waals surface area contributed by atoms with Crippen molar-refractivity contribution in [2.45, 2.75) is 32.7 Å². The lowest BCUT2D eigenvalue weighted by molar-refractivity contribution is -0.142. The third-order valence-corrected chi connectivity index (χ3v) is 3.88. The molecule has 0 atom stereocenters. The first-order chi connectivity index (χ1) is 9.17. The Bertz CT molecular complexity index is 428. The number of hydrogen-bond acceptors (Lipinski definition) is 3. The smallest absolute Gasteiger partial charge is 0.305 e. The first-order valence-electron chi connectivity index (χ1n) is 7.02. The maximum Gasteiger partial charge on any atom is 0.305 e. The number of ether oxygens (including phenoxy) is 1. The Hall–Kier alpha value is -1.06. The summed E-state index contributed by atoms with van der Waals surface area (Å²) >= 11 is 0. The molecule has 1 fully saturated rings. The van der Waals surface area contributed by atoms with E-state index in [4.69, 9.17) is 4.74 Å². The van der Waals surface area contributed by atoms with Gasteiger partial charge in [0.15, 0.2) is 0 Å². The van der Waals surface area contributed by atoms with Gasteiger partial charge in [-0.05, 0) is 44.3 Å². The van der Waals surface area contributed by atoms with E-state index in [1.54, 1.807) is 0 Å². The lowest BCUT2D eigenvalue weighted by atomic mass is 9.93. The second-order valence-corrected chi connectivity index (χ2v) is 5.49. The van der Waals surface area contributed by atoms with Crippen molar-refractivity contribution in [2.75, 3.05) is 20.2 Å². The van der Waals surface area contributed by atoms with E-state index < -0.39 is 0 Å². The second-order valence-electron chi connectivity index (χ2n) is 5.49. The SMILES string of the molecule is COC(=O)CC1CCN(Cc2cccc(C)c2)CC1.Cl. The number of likely N-dealkylation sites (tertiary alicyclic amines) is 1. The van der Waals surface area contributed by atoms with E-state index in [9.17, 15) is 4.79 Å². The minimum Gasteiger partial charge on any atom is -0.469 e. The van der Waals surface area contributed by atoms with Crippen LogP contribution >= 0.6 is 12.4 Å². The van der Waals surface area contributed by atoms with Crippen LogP contribution in [0.1, 0.15) is 30.4 Å². The standard InChI is InChI=1S/C16H23NO2.ClH/c1-13-4-3-5-15(10-13)12-17-8-6-14(7-9-17)11-16(18)19-2;/h3-5,10,14H,6-9,11-12H2,1-2H3;1H. The van der Waals surface area contributed by atoms with Crippen molar-refractivity contribution < 1.29 is 9.53 Å². The maximum absolute atomic E-state index is 11.3. The molecular formula is C16H24ClNO2. The van der Waals surface area contributed by atoms with Crippen LogP contribution < -0.4 is 0 Å². The van der Waals surface area contributed by atoms with Crippen LogP contribution in [0.5, 0.6) is 0 Å². The van der Waals surface area contributed by atoms with E-state index >= 15 is 0 Å². The molecule has 1 aromatic rings. The lowest BCUT2D eigenvalue weighted by Crippen LogP contribution is -2.34. The van der Waals surface area contributed by atoms with Gasteiger partial charge in [0.25, 0.3) is 0 Å². The Kier molecular flexibility index (Phi) is 7.03. The number of nitrogens with zero attached hydrogens (tertiary/aromatic N) is 1. The van der Waals surface area contributed by atoms with Gasteiger partial charge in [-0.3, -0.25) is 9.69 Å². The van der Waals surface area contributed by atoms with E-state index in [0.29, 0.717) is 12.3 Å². The largest absolute Gasteiger partial charge is 0.469 e. The zero-order valence-corrected chi connectivity index (χ0v) is 13.1. The molecule has 2 rings (SSSR count). The molecule has 0 bridgehead atoms. The normalized spacial score (nSPS) is 16.5. The van der Waals surface area contributed by atoms with E-state index in [-0.39, 0.29) is 18.4 Å². The van der Waals surface area contributed by atoms with Gasteiger partial charge in [0.05, 0.1) is 7.11 Å². The Morgan fingerprint density at radius 2 is 2.05 bits per heavy atom. The summed E-state index contributed by atoms with van der Waals surface area (Å²) < 4.78 is 4.74. The van der Waals surface area contributed by atoms with Crippen molar-refractivity contribution >= 4 is 18.4 Å². The van der Waals surface area contributed by atoms with E-state index in [1.807, 2.05) is 0 Å². The molecule has 20 heavy (non-hydrogen) atoms. The summed E-state index contributed by atoms with van der Waals surface area (Å²) in [6.45, 7) is 5.31. The van der Waals surface area contributed by atoms with Crippen molar-refractivity contribution in [1.29, 1.82) is 0 Å². The fourth-order valence-electron chi connectivity index (χ4n) is 2.74. The lowest BCUT2D eigenvalue weighted by Gasteiger charge is -2.31. The zero-order valence-electron chi connectivity index (χ0n) is 12.3. The summed E-state index contributed by atoms with van der Waals surface area (Å²) in [5, 5.41) is 0. The summed E-state index contributed by atoms with van der Waals surface area (Å²) in [4.78, 5) is 13.7. The average molecular weight is 298 g/mol. The van der Waals surface area contributed by atoms with Crippen molar-refractivity contribution in [1.82, 2.24) is 4.90 Å². The summed E-state index contributed by atoms with van der Waals surface area (Å²) in [5.41, 5.74) is 2.70. The molecule has 3 nitrogen and oxygen atoms in total. The van der Waals surface area contributed by atoms with Crippen LogP contribution in [0, 0.1) is 12.8 Å². The second kappa shape index (κ2) is 8.28. The number of carbonyl (C=O) groups excluding carboxylic acids is 1. The number of carbonyl (C=O) groups is 1. The number of piperidine rings is 1. The van der Waals surface area contributed by atoms with E-state index in [0.717, 1.165) is 32.5 Å². The molecule has 1 aliphatic heterocycles. The van der Waals surface area contributed by atoms with Gasteiger partial charge in [0, 0.05) is 13.0 Å². The Morgan fingerprint density at radius 3 is 2.65 bits per heavy atom. The number of aryl methyl sites for hydroxylation is 1. The topological polar surface area (TPSA) is 29.5 Å². The van der Waals surface area contributed by atoms with Crippen LogP contribution in [0.25, 0.3) is 0 Å². The molecule has 4 heteroatoms. The third-order valence-electron chi connectivity index (χ3n) is 3.88. The highest BCUT2D eigenvalue weighted by atomic mass is 35.5. The molecule has 0 radical (unpaired) electrons. The molecule has 1 aliphatic rings. The Balaban J connectivity index is 0.00000200. The molecule has 0 spiro atoms. The Labute approximate surface area is 127 Å². The van der Waals surface area contributed by atoms with Crippen molar-refractivity contribution in [3.63, 3.8) is 0 Å². The zero-order chi connectivity index (χ0) is 13.7. The monoisotopic (exact) mass is 297 g/mol. The van der Waals surface area contributed by atoms with Gasteiger partial charge < -0.3 is 4.74 Å². The number of esters is 1. The minimum atomic E-state index is -0.0721. The number of halogens is 1. The summed E-state index contributed by atoms with van der Waals surface area (Å²) in [5.74, 6) is 0.429. The van der Waals surface area contributed by atoms with Gasteiger partial charge in [-0.1, -0.05) is 29.8 Å². The number of rotatable bonds is 4. The minimum absolute atomic E-state index is 0. The summed E-state index contributed by atoms with van der Waals surface area (Å²) in [6, 6.07) is 8.69. The highest BCUT2D eigenvalue weighted by Gasteiger charge is 2.21. The van der Waals surface area contributed by atoms with Gasteiger partial charge in [-0.25, -0.2) is 0 Å². The van der Waals surface area contributed by atoms with Gasteiger partial charge in [-0.2, -0.15) is 0 Å². The Morgan fingerprint density at radius 1 is 1.35 bits per heavy atom. The first kappa shape index (κ1) is 17.0. The highest BCUT2D eigenvalue weighted by Crippen LogP contribution is 2.22. The quantitative estimate of drug-likeness (QED) is 0.799. The van der Waals surface area contributed by atoms with E-state index in [2.05, 4.69) is 36.1 Å².